The van der Waals surface area contributed by atoms with E-state index in [0.29, 0.717) is 16.7 Å². The summed E-state index contributed by atoms with van der Waals surface area (Å²) in [6.07, 6.45) is -5.75. The number of hydrogen-bond donors (Lipinski definition) is 18. The highest BCUT2D eigenvalue weighted by Crippen LogP contribution is 2.23. The van der Waals surface area contributed by atoms with Crippen LogP contribution in [-0.2, 0) is 96.0 Å². The number of likely N-dealkylation sites (N-methyl/N-ethyl adjacent to an activating group) is 2. The number of rotatable bonds is 19. The molecule has 6 rings (SSSR count). The van der Waals surface area contributed by atoms with Gasteiger partial charge in [-0.25, -0.2) is 0 Å². The number of aliphatic hydroxyl groups is 5. The van der Waals surface area contributed by atoms with Crippen molar-refractivity contribution >= 4 is 106 Å². The number of carbonyl (C=O) groups is 16. The van der Waals surface area contributed by atoms with E-state index < -0.39 is 242 Å². The molecule has 0 aromatic heterocycles. The first-order valence-corrected chi connectivity index (χ1v) is 38.4. The Morgan fingerprint density at radius 2 is 0.948 bits per heavy atom. The number of hydrogen-bond acceptors (Lipinski definition) is 22. The Morgan fingerprint density at radius 3 is 1.50 bits per heavy atom. The van der Waals surface area contributed by atoms with Gasteiger partial charge in [-0.3, -0.25) is 76.7 Å². The van der Waals surface area contributed by atoms with Crippen LogP contribution < -0.4 is 64.2 Å². The van der Waals surface area contributed by atoms with Crippen molar-refractivity contribution < 1.29 is 107 Å². The van der Waals surface area contributed by atoms with E-state index in [-0.39, 0.29) is 38.6 Å². The first-order valence-electron chi connectivity index (χ1n) is 37.2. The Labute approximate surface area is 667 Å². The highest BCUT2D eigenvalue weighted by molar-refractivity contribution is 8.00. The average Bonchev–Trinajstić information content (AvgIpc) is 1.79. The SMILES string of the molecule is CC(C)C1NC(=O)[C@H](Cc2ccccc2)NC(=O)CSC[C@@H](C(=O)NCC(N)=O)NC(=O)[C@@H]2CCCN2C(=O)[C@H](CO)NC(=O)[C@H](CCC(=O)O)NC(=O)[C@H](C)N(C)C(=O)[C@H](Cc2ccc(-c3ccccc3)cc2)NC(=O)[C@H](Cc2ccccc2)N(C)C(=O)[C@H](CO)NC(=O)[C@H]([C@@H](C)O)NC(=O)[C@H]([C@@H](C)O)NC(=O)[C@H](CO)NC1=O. The third-order valence-electron chi connectivity index (χ3n) is 19.2. The second-order valence-electron chi connectivity index (χ2n) is 28.3. The van der Waals surface area contributed by atoms with E-state index in [1.807, 2.05) is 30.3 Å². The van der Waals surface area contributed by atoms with Gasteiger partial charge < -0.3 is 110 Å². The Morgan fingerprint density at radius 1 is 0.496 bits per heavy atom. The number of nitrogens with two attached hydrogens (primary N) is 1. The number of nitrogens with zero attached hydrogens (tertiary/aromatic N) is 3. The zero-order valence-corrected chi connectivity index (χ0v) is 65.5. The lowest BCUT2D eigenvalue weighted by Gasteiger charge is -2.34. The predicted molar refractivity (Wildman–Crippen MR) is 415 cm³/mol. The lowest BCUT2D eigenvalue weighted by Crippen LogP contribution is -2.64. The number of aliphatic hydroxyl groups excluding tert-OH is 5. The molecule has 2 aliphatic heterocycles. The van der Waals surface area contributed by atoms with E-state index in [4.69, 9.17) is 5.73 Å². The van der Waals surface area contributed by atoms with E-state index in [9.17, 15) is 97.8 Å². The maximum Gasteiger partial charge on any atom is 0.303 e. The molecule has 624 valence electrons. The van der Waals surface area contributed by atoms with Crippen LogP contribution in [0.15, 0.2) is 115 Å². The van der Waals surface area contributed by atoms with Gasteiger partial charge in [0.25, 0.3) is 0 Å². The van der Waals surface area contributed by atoms with Crippen LogP contribution in [0.2, 0.25) is 0 Å². The van der Waals surface area contributed by atoms with Gasteiger partial charge in [-0.05, 0) is 73.8 Å². The van der Waals surface area contributed by atoms with E-state index in [0.717, 1.165) is 58.5 Å². The smallest absolute Gasteiger partial charge is 0.303 e. The lowest BCUT2D eigenvalue weighted by atomic mass is 9.98. The first-order chi connectivity index (χ1) is 54.6. The number of carboxylic acids is 1. The molecule has 0 spiro atoms. The number of nitrogens with one attached hydrogen (secondary N) is 11. The summed E-state index contributed by atoms with van der Waals surface area (Å²) in [6, 6.07) is 10.0. The van der Waals surface area contributed by atoms with Crippen LogP contribution in [0.4, 0.5) is 0 Å². The van der Waals surface area contributed by atoms with Gasteiger partial charge in [0.1, 0.15) is 78.5 Å². The summed E-state index contributed by atoms with van der Waals surface area (Å²) in [6.45, 7) is 2.01. The maximum absolute atomic E-state index is 15.2. The largest absolute Gasteiger partial charge is 0.481 e. The fourth-order valence-electron chi connectivity index (χ4n) is 12.5. The minimum atomic E-state index is -2.05. The monoisotopic (exact) mass is 1620 g/mol. The molecule has 0 saturated carbocycles. The molecule has 15 amide bonds. The number of carbonyl (C=O) groups excluding carboxylic acids is 15. The van der Waals surface area contributed by atoms with Crippen molar-refractivity contribution in [2.24, 2.45) is 11.7 Å². The molecule has 2 heterocycles. The molecule has 0 bridgehead atoms. The van der Waals surface area contributed by atoms with Crippen molar-refractivity contribution in [3.63, 3.8) is 0 Å². The summed E-state index contributed by atoms with van der Waals surface area (Å²) in [5, 5.41) is 90.3. The molecular formula is C77H103N15O22S. The Bertz CT molecular complexity index is 4070. The average molecular weight is 1620 g/mol. The minimum Gasteiger partial charge on any atom is -0.481 e. The van der Waals surface area contributed by atoms with E-state index in [1.54, 1.807) is 84.9 Å². The first kappa shape index (κ1) is 92.4. The van der Waals surface area contributed by atoms with Gasteiger partial charge in [-0.2, -0.15) is 0 Å². The molecule has 115 heavy (non-hydrogen) atoms. The normalized spacial score (nSPS) is 25.2. The second-order valence-corrected chi connectivity index (χ2v) is 29.3. The number of aliphatic carboxylic acids is 1. The summed E-state index contributed by atoms with van der Waals surface area (Å²) in [5.74, 6) is -19.3. The molecule has 0 radical (unpaired) electrons. The molecular weight excluding hydrogens is 1520 g/mol. The summed E-state index contributed by atoms with van der Waals surface area (Å²) in [5.41, 5.74) is 8.33. The molecule has 19 N–H and O–H groups in total. The predicted octanol–water partition coefficient (Wildman–Crippen LogP) is -5.50. The number of amides is 15. The third kappa shape index (κ3) is 27.4. The molecule has 0 aliphatic carbocycles. The van der Waals surface area contributed by atoms with Gasteiger partial charge in [0.2, 0.25) is 88.6 Å². The van der Waals surface area contributed by atoms with E-state index in [1.165, 1.54) is 27.8 Å². The zero-order valence-electron chi connectivity index (χ0n) is 64.6. The highest BCUT2D eigenvalue weighted by Gasteiger charge is 2.43. The van der Waals surface area contributed by atoms with E-state index in [2.05, 4.69) is 58.5 Å². The minimum absolute atomic E-state index is 0.0448. The number of primary amides is 1. The maximum atomic E-state index is 15.2. The van der Waals surface area contributed by atoms with Crippen LogP contribution in [0.25, 0.3) is 11.1 Å². The van der Waals surface area contributed by atoms with Crippen LogP contribution in [0.1, 0.15) is 77.0 Å². The Hall–Kier alpha value is -11.4. The quantitative estimate of drug-likeness (QED) is 0.0416. The van der Waals surface area contributed by atoms with Gasteiger partial charge in [-0.15, -0.1) is 11.8 Å². The van der Waals surface area contributed by atoms with Gasteiger partial charge in [0, 0.05) is 52.1 Å². The lowest BCUT2D eigenvalue weighted by molar-refractivity contribution is -0.146. The van der Waals surface area contributed by atoms with Crippen molar-refractivity contribution in [3.05, 3.63) is 132 Å². The zero-order chi connectivity index (χ0) is 84.9. The molecule has 2 fully saturated rings. The van der Waals surface area contributed by atoms with Gasteiger partial charge in [-0.1, -0.05) is 129 Å². The van der Waals surface area contributed by atoms with Crippen LogP contribution >= 0.6 is 11.8 Å². The summed E-state index contributed by atoms with van der Waals surface area (Å²) in [4.78, 5) is 228. The van der Waals surface area contributed by atoms with Crippen molar-refractivity contribution in [2.75, 3.05) is 58.5 Å². The molecule has 2 saturated heterocycles. The molecule has 37 nitrogen and oxygen atoms in total. The standard InChI is InChI=1S/C77H103N15O22S/c1-41(2)62-72(109)83-53(36-93)69(106)88-64(44(5)97)74(111)89-63(43(4)96)73(110)85-54(37-94)76(113)91(7)58(34-46-20-13-9-14-21-46)71(108)82-52(33-47-25-27-49(28-26-47)48-22-15-10-16-23-48)75(112)90(6)42(3)65(102)81-50(29-30-61(100)101)67(104)84-55(38-95)77(114)92-31-17-24-57(92)70(107)86-56(66(103)79-35-59(78)98)39-115-40-60(99)80-51(68(105)87-62)32-45-18-11-8-12-19-45/h8-16,18-23,25-28,41-44,50-58,62-64,93-97H,17,24,29-40H2,1-7H3,(H2,78,98)(H,79,103)(H,80,99)(H,81,102)(H,82,108)(H,83,109)(H,84,104)(H,85,110)(H,86,107)(H,87,105)(H,88,106)(H,89,111)(H,100,101)/t42-,43+,44+,50-,51-,52-,53-,54-,55-,56-,57-,58-,62?,63-,64-/m0/s1. The Kier molecular flexibility index (Phi) is 36.0. The molecule has 15 atom stereocenters. The molecule has 4 aromatic carbocycles. The van der Waals surface area contributed by atoms with Crippen LogP contribution in [0.3, 0.4) is 0 Å². The molecule has 4 aromatic rings. The molecule has 1 unspecified atom stereocenters. The summed E-state index contributed by atoms with van der Waals surface area (Å²) in [7, 11) is 2.33. The summed E-state index contributed by atoms with van der Waals surface area (Å²) < 4.78 is 0. The van der Waals surface area contributed by atoms with Crippen LogP contribution in [0.5, 0.6) is 0 Å². The third-order valence-corrected chi connectivity index (χ3v) is 20.3. The number of thioether (sulfide) groups is 1. The number of carboxylic acid groups (broad SMARTS) is 1. The van der Waals surface area contributed by atoms with Gasteiger partial charge >= 0.3 is 5.97 Å². The van der Waals surface area contributed by atoms with Crippen LogP contribution in [-0.4, -0.2) is 289 Å². The van der Waals surface area contributed by atoms with Gasteiger partial charge in [0.05, 0.1) is 44.3 Å². The topological polar surface area (TPSA) is 563 Å². The molecule has 38 heteroatoms. The Balaban J connectivity index is 1.40. The second kappa shape index (κ2) is 44.9. The van der Waals surface area contributed by atoms with Crippen molar-refractivity contribution in [1.82, 2.24) is 73.2 Å². The fraction of sp³-hybridized carbons (Fsp3) is 0.481. The summed E-state index contributed by atoms with van der Waals surface area (Å²) >= 11 is 0.759. The van der Waals surface area contributed by atoms with Crippen molar-refractivity contribution in [2.45, 2.75) is 170 Å². The fourth-order valence-corrected chi connectivity index (χ4v) is 13.4. The van der Waals surface area contributed by atoms with Crippen LogP contribution in [0, 0.1) is 5.92 Å². The van der Waals surface area contributed by atoms with Gasteiger partial charge in [0.15, 0.2) is 0 Å². The van der Waals surface area contributed by atoms with Crippen molar-refractivity contribution in [3.8, 4) is 11.1 Å². The highest BCUT2D eigenvalue weighted by atomic mass is 32.2. The number of fused-ring (bicyclic) bond motifs is 1. The van der Waals surface area contributed by atoms with E-state index >= 15 is 9.59 Å². The number of benzene rings is 4. The van der Waals surface area contributed by atoms with Crippen molar-refractivity contribution in [1.29, 1.82) is 0 Å². The molecule has 2 aliphatic rings.